The molecule has 0 atom stereocenters. The first-order valence-electron chi connectivity index (χ1n) is 5.92. The molecule has 0 radical (unpaired) electrons. The first kappa shape index (κ1) is 16.0. The number of nitrogens with one attached hydrogen (secondary N) is 1. The maximum Gasteiger partial charge on any atom is 0.306 e. The van der Waals surface area contributed by atoms with E-state index in [4.69, 9.17) is 0 Å². The van der Waals surface area contributed by atoms with Crippen LogP contribution in [0.2, 0.25) is 0 Å². The molecule has 1 amide bonds. The minimum atomic E-state index is -1.03. The molecule has 0 saturated heterocycles. The van der Waals surface area contributed by atoms with Crippen molar-refractivity contribution in [2.75, 3.05) is 32.6 Å². The number of hydrogen-bond acceptors (Lipinski definition) is 4. The number of likely N-dealkylation sites (N-methyl/N-ethyl adjacent to an activating group) is 1. The average molecular weight is 286 g/mol. The molecular weight excluding hydrogens is 270 g/mol. The van der Waals surface area contributed by atoms with E-state index in [2.05, 4.69) is 10.1 Å². The van der Waals surface area contributed by atoms with Crippen LogP contribution in [-0.4, -0.2) is 44.0 Å². The largest absolute Gasteiger partial charge is 0.469 e. The van der Waals surface area contributed by atoms with Crippen molar-refractivity contribution in [2.45, 2.75) is 6.42 Å². The van der Waals surface area contributed by atoms with Crippen LogP contribution in [0.25, 0.3) is 0 Å². The standard InChI is InChI=1S/C13H16F2N2O3/c1-17(6-5-13(19)20-2)8-12(18)16-9-3-4-10(14)11(15)7-9/h3-4,7H,5-6,8H2,1-2H3,(H,16,18). The fraction of sp³-hybridized carbons (Fsp3) is 0.385. The third kappa shape index (κ3) is 5.31. The van der Waals surface area contributed by atoms with E-state index >= 15 is 0 Å². The molecule has 1 aromatic rings. The zero-order chi connectivity index (χ0) is 15.1. The van der Waals surface area contributed by atoms with Crippen molar-refractivity contribution in [1.82, 2.24) is 4.90 Å². The van der Waals surface area contributed by atoms with Crippen molar-refractivity contribution in [2.24, 2.45) is 0 Å². The number of esters is 1. The number of halogens is 2. The van der Waals surface area contributed by atoms with Gasteiger partial charge in [0.15, 0.2) is 11.6 Å². The second-order valence-corrected chi connectivity index (χ2v) is 4.24. The Morgan fingerprint density at radius 1 is 1.30 bits per heavy atom. The molecule has 0 aliphatic carbocycles. The predicted molar refractivity (Wildman–Crippen MR) is 69.1 cm³/mol. The van der Waals surface area contributed by atoms with E-state index in [9.17, 15) is 18.4 Å². The molecule has 20 heavy (non-hydrogen) atoms. The summed E-state index contributed by atoms with van der Waals surface area (Å²) < 4.78 is 30.2. The van der Waals surface area contributed by atoms with E-state index < -0.39 is 11.6 Å². The van der Waals surface area contributed by atoms with Gasteiger partial charge in [-0.3, -0.25) is 14.5 Å². The van der Waals surface area contributed by atoms with Gasteiger partial charge in [0.2, 0.25) is 5.91 Å². The van der Waals surface area contributed by atoms with E-state index in [-0.39, 0.29) is 30.5 Å². The number of ether oxygens (including phenoxy) is 1. The van der Waals surface area contributed by atoms with E-state index in [1.54, 1.807) is 11.9 Å². The summed E-state index contributed by atoms with van der Waals surface area (Å²) in [5, 5.41) is 2.44. The second-order valence-electron chi connectivity index (χ2n) is 4.24. The van der Waals surface area contributed by atoms with E-state index in [1.165, 1.54) is 13.2 Å². The molecule has 0 aliphatic heterocycles. The van der Waals surface area contributed by atoms with Crippen LogP contribution >= 0.6 is 0 Å². The topological polar surface area (TPSA) is 58.6 Å². The molecule has 110 valence electrons. The molecule has 0 aromatic heterocycles. The zero-order valence-corrected chi connectivity index (χ0v) is 11.3. The summed E-state index contributed by atoms with van der Waals surface area (Å²) >= 11 is 0. The fourth-order valence-corrected chi connectivity index (χ4v) is 1.48. The average Bonchev–Trinajstić information content (AvgIpc) is 2.40. The number of rotatable bonds is 6. The summed E-state index contributed by atoms with van der Waals surface area (Å²) in [6.45, 7) is 0.383. The van der Waals surface area contributed by atoms with Crippen LogP contribution in [-0.2, 0) is 14.3 Å². The van der Waals surface area contributed by atoms with Crippen LogP contribution in [0.1, 0.15) is 6.42 Å². The van der Waals surface area contributed by atoms with Gasteiger partial charge < -0.3 is 10.1 Å². The van der Waals surface area contributed by atoms with Gasteiger partial charge in [-0.1, -0.05) is 0 Å². The lowest BCUT2D eigenvalue weighted by molar-refractivity contribution is -0.141. The number of benzene rings is 1. The van der Waals surface area contributed by atoms with Crippen LogP contribution in [0, 0.1) is 11.6 Å². The highest BCUT2D eigenvalue weighted by atomic mass is 19.2. The quantitative estimate of drug-likeness (QED) is 0.803. The first-order chi connectivity index (χ1) is 9.42. The second kappa shape index (κ2) is 7.54. The van der Waals surface area contributed by atoms with Crippen molar-refractivity contribution < 1.29 is 23.1 Å². The van der Waals surface area contributed by atoms with E-state index in [1.807, 2.05) is 0 Å². The minimum absolute atomic E-state index is 0.0238. The molecule has 1 rings (SSSR count). The maximum atomic E-state index is 13.0. The lowest BCUT2D eigenvalue weighted by Crippen LogP contribution is -2.31. The maximum absolute atomic E-state index is 13.0. The van der Waals surface area contributed by atoms with Crippen LogP contribution in [0.3, 0.4) is 0 Å². The molecule has 0 aliphatic rings. The smallest absolute Gasteiger partial charge is 0.306 e. The summed E-state index contributed by atoms with van der Waals surface area (Å²) in [5.41, 5.74) is 0.176. The lowest BCUT2D eigenvalue weighted by Gasteiger charge is -2.15. The highest BCUT2D eigenvalue weighted by Crippen LogP contribution is 2.12. The van der Waals surface area contributed by atoms with Crippen molar-refractivity contribution in [3.05, 3.63) is 29.8 Å². The van der Waals surface area contributed by atoms with Crippen LogP contribution in [0.5, 0.6) is 0 Å². The summed E-state index contributed by atoms with van der Waals surface area (Å²) in [5.74, 6) is -2.75. The Kier molecular flexibility index (Phi) is 6.05. The van der Waals surface area contributed by atoms with Gasteiger partial charge >= 0.3 is 5.97 Å². The molecule has 1 N–H and O–H groups in total. The van der Waals surface area contributed by atoms with Gasteiger partial charge in [0.05, 0.1) is 20.1 Å². The van der Waals surface area contributed by atoms with Crippen molar-refractivity contribution >= 4 is 17.6 Å². The Morgan fingerprint density at radius 3 is 2.60 bits per heavy atom. The van der Waals surface area contributed by atoms with Crippen LogP contribution in [0.4, 0.5) is 14.5 Å². The molecule has 7 heteroatoms. The summed E-state index contributed by atoms with van der Waals surface area (Å²) in [6.07, 6.45) is 0.172. The van der Waals surface area contributed by atoms with Gasteiger partial charge in [-0.2, -0.15) is 0 Å². The number of amides is 1. The molecule has 0 bridgehead atoms. The molecule has 1 aromatic carbocycles. The normalized spacial score (nSPS) is 10.4. The Labute approximate surface area is 115 Å². The Balaban J connectivity index is 2.42. The Hall–Kier alpha value is -2.02. The molecule has 0 spiro atoms. The monoisotopic (exact) mass is 286 g/mol. The Morgan fingerprint density at radius 2 is 2.00 bits per heavy atom. The van der Waals surface area contributed by atoms with Gasteiger partial charge in [-0.15, -0.1) is 0 Å². The number of carbonyl (C=O) groups is 2. The van der Waals surface area contributed by atoms with Gasteiger partial charge in [-0.05, 0) is 19.2 Å². The van der Waals surface area contributed by atoms with Gasteiger partial charge in [0.25, 0.3) is 0 Å². The number of carbonyl (C=O) groups excluding carboxylic acids is 2. The lowest BCUT2D eigenvalue weighted by atomic mass is 10.3. The van der Waals surface area contributed by atoms with E-state index in [0.29, 0.717) is 6.54 Å². The van der Waals surface area contributed by atoms with E-state index in [0.717, 1.165) is 12.1 Å². The Bertz CT molecular complexity index is 495. The molecule has 0 unspecified atom stereocenters. The first-order valence-corrected chi connectivity index (χ1v) is 5.92. The van der Waals surface area contributed by atoms with Crippen molar-refractivity contribution in [1.29, 1.82) is 0 Å². The van der Waals surface area contributed by atoms with Gasteiger partial charge in [0, 0.05) is 18.3 Å². The fourth-order valence-electron chi connectivity index (χ4n) is 1.48. The van der Waals surface area contributed by atoms with Crippen LogP contribution < -0.4 is 5.32 Å². The highest BCUT2D eigenvalue weighted by molar-refractivity contribution is 5.92. The molecule has 0 fully saturated rings. The summed E-state index contributed by atoms with van der Waals surface area (Å²) in [7, 11) is 2.95. The molecular formula is C13H16F2N2O3. The third-order valence-corrected chi connectivity index (χ3v) is 2.54. The number of methoxy groups -OCH3 is 1. The predicted octanol–water partition coefficient (Wildman–Crippen LogP) is 1.40. The SMILES string of the molecule is COC(=O)CCN(C)CC(=O)Nc1ccc(F)c(F)c1. The molecule has 5 nitrogen and oxygen atoms in total. The summed E-state index contributed by atoms with van der Waals surface area (Å²) in [4.78, 5) is 24.2. The minimum Gasteiger partial charge on any atom is -0.469 e. The van der Waals surface area contributed by atoms with Gasteiger partial charge in [0.1, 0.15) is 0 Å². The highest BCUT2D eigenvalue weighted by Gasteiger charge is 2.10. The summed E-state index contributed by atoms with van der Waals surface area (Å²) in [6, 6.07) is 3.11. The zero-order valence-electron chi connectivity index (χ0n) is 11.3. The number of anilines is 1. The number of hydrogen-bond donors (Lipinski definition) is 1. The number of nitrogens with zero attached hydrogens (tertiary/aromatic N) is 1. The van der Waals surface area contributed by atoms with Crippen molar-refractivity contribution in [3.8, 4) is 0 Å². The van der Waals surface area contributed by atoms with Gasteiger partial charge in [-0.25, -0.2) is 8.78 Å². The van der Waals surface area contributed by atoms with Crippen molar-refractivity contribution in [3.63, 3.8) is 0 Å². The molecule has 0 heterocycles. The third-order valence-electron chi connectivity index (χ3n) is 2.54. The molecule has 0 saturated carbocycles. The van der Waals surface area contributed by atoms with Crippen LogP contribution in [0.15, 0.2) is 18.2 Å².